The summed E-state index contributed by atoms with van der Waals surface area (Å²) in [5, 5.41) is 4.79. The lowest BCUT2D eigenvalue weighted by atomic mass is 9.87. The van der Waals surface area contributed by atoms with E-state index >= 15 is 0 Å². The molecule has 1 aliphatic rings. The Bertz CT molecular complexity index is 929. The Kier molecular flexibility index (Phi) is 3.81. The number of hydrogen-bond donors (Lipinski definition) is 1. The average Bonchev–Trinajstić information content (AvgIpc) is 2.94. The van der Waals surface area contributed by atoms with Gasteiger partial charge in [0.2, 0.25) is 0 Å². The van der Waals surface area contributed by atoms with Crippen LogP contribution < -0.4 is 5.32 Å². The molecule has 0 spiro atoms. The van der Waals surface area contributed by atoms with Crippen molar-refractivity contribution in [2.24, 2.45) is 7.05 Å². The predicted molar refractivity (Wildman–Crippen MR) is 97.5 cm³/mol. The quantitative estimate of drug-likeness (QED) is 0.725. The highest BCUT2D eigenvalue weighted by Gasteiger charge is 2.23. The lowest BCUT2D eigenvalue weighted by Gasteiger charge is -2.26. The number of aromatic nitrogens is 1. The lowest BCUT2D eigenvalue weighted by molar-refractivity contribution is 0.0925. The second-order valence-electron chi connectivity index (χ2n) is 6.38. The highest BCUT2D eigenvalue weighted by molar-refractivity contribution is 6.35. The minimum absolute atomic E-state index is 0.0496. The third-order valence-corrected chi connectivity index (χ3v) is 5.27. The SMILES string of the molecule is Cn1c(C(=O)NC2CCCc3ccccc32)cc2c(Cl)cccc21. The monoisotopic (exact) mass is 338 g/mol. The minimum Gasteiger partial charge on any atom is -0.344 e. The summed E-state index contributed by atoms with van der Waals surface area (Å²) in [4.78, 5) is 12.8. The van der Waals surface area contributed by atoms with Gasteiger partial charge in [0.15, 0.2) is 0 Å². The molecule has 4 heteroatoms. The maximum Gasteiger partial charge on any atom is 0.268 e. The van der Waals surface area contributed by atoms with Crippen LogP contribution in [0.4, 0.5) is 0 Å². The third kappa shape index (κ3) is 2.49. The zero-order valence-corrected chi connectivity index (χ0v) is 14.3. The van der Waals surface area contributed by atoms with Gasteiger partial charge >= 0.3 is 0 Å². The molecule has 1 unspecified atom stereocenters. The Morgan fingerprint density at radius 3 is 2.88 bits per heavy atom. The molecular formula is C20H19ClN2O. The Morgan fingerprint density at radius 1 is 1.21 bits per heavy atom. The first-order valence-electron chi connectivity index (χ1n) is 8.28. The topological polar surface area (TPSA) is 34.0 Å². The number of amides is 1. The fourth-order valence-corrected chi connectivity index (χ4v) is 3.90. The molecule has 1 atom stereocenters. The molecule has 0 aliphatic heterocycles. The summed E-state index contributed by atoms with van der Waals surface area (Å²) in [6.07, 6.45) is 3.17. The van der Waals surface area contributed by atoms with Gasteiger partial charge in [0.1, 0.15) is 5.69 Å². The van der Waals surface area contributed by atoms with Crippen molar-refractivity contribution in [3.63, 3.8) is 0 Å². The molecule has 122 valence electrons. The van der Waals surface area contributed by atoms with Crippen LogP contribution in [0.25, 0.3) is 10.9 Å². The molecule has 0 saturated heterocycles. The summed E-state index contributed by atoms with van der Waals surface area (Å²) in [5.41, 5.74) is 4.20. The molecule has 1 heterocycles. The molecule has 3 nitrogen and oxygen atoms in total. The van der Waals surface area contributed by atoms with Crippen molar-refractivity contribution in [2.75, 3.05) is 0 Å². The second-order valence-corrected chi connectivity index (χ2v) is 6.79. The zero-order chi connectivity index (χ0) is 16.7. The first kappa shape index (κ1) is 15.3. The van der Waals surface area contributed by atoms with Gasteiger partial charge in [0.05, 0.1) is 6.04 Å². The molecule has 0 saturated carbocycles. The normalized spacial score (nSPS) is 16.8. The Labute approximate surface area is 146 Å². The van der Waals surface area contributed by atoms with E-state index in [1.54, 1.807) is 0 Å². The summed E-state index contributed by atoms with van der Waals surface area (Å²) in [7, 11) is 1.91. The molecule has 24 heavy (non-hydrogen) atoms. The van der Waals surface area contributed by atoms with E-state index in [2.05, 4.69) is 23.5 Å². The second kappa shape index (κ2) is 5.99. The summed E-state index contributed by atoms with van der Waals surface area (Å²) in [6.45, 7) is 0. The van der Waals surface area contributed by atoms with Crippen LogP contribution >= 0.6 is 11.6 Å². The number of halogens is 1. The molecule has 1 amide bonds. The summed E-state index contributed by atoms with van der Waals surface area (Å²) >= 11 is 6.26. The number of fused-ring (bicyclic) bond motifs is 2. The van der Waals surface area contributed by atoms with Crippen LogP contribution in [0.2, 0.25) is 5.02 Å². The van der Waals surface area contributed by atoms with Crippen LogP contribution in [-0.4, -0.2) is 10.5 Å². The molecule has 3 aromatic rings. The zero-order valence-electron chi connectivity index (χ0n) is 13.6. The molecule has 0 radical (unpaired) electrons. The number of carbonyl (C=O) groups excluding carboxylic acids is 1. The van der Waals surface area contributed by atoms with Gasteiger partial charge in [0, 0.05) is 23.0 Å². The van der Waals surface area contributed by atoms with E-state index < -0.39 is 0 Å². The molecule has 2 aromatic carbocycles. The highest BCUT2D eigenvalue weighted by atomic mass is 35.5. The van der Waals surface area contributed by atoms with Crippen LogP contribution in [0.1, 0.15) is 40.5 Å². The van der Waals surface area contributed by atoms with Crippen LogP contribution in [-0.2, 0) is 13.5 Å². The molecule has 4 rings (SSSR count). The van der Waals surface area contributed by atoms with E-state index in [9.17, 15) is 4.79 Å². The van der Waals surface area contributed by atoms with Gasteiger partial charge in [-0.1, -0.05) is 41.9 Å². The van der Waals surface area contributed by atoms with Crippen LogP contribution in [0.15, 0.2) is 48.5 Å². The van der Waals surface area contributed by atoms with Crippen molar-refractivity contribution < 1.29 is 4.79 Å². The largest absolute Gasteiger partial charge is 0.344 e. The molecule has 0 bridgehead atoms. The summed E-state index contributed by atoms with van der Waals surface area (Å²) in [5.74, 6) is -0.0496. The first-order chi connectivity index (χ1) is 11.6. The number of aryl methyl sites for hydroxylation is 2. The predicted octanol–water partition coefficient (Wildman–Crippen LogP) is 4.64. The molecule has 1 aliphatic carbocycles. The first-order valence-corrected chi connectivity index (χ1v) is 8.65. The van der Waals surface area contributed by atoms with E-state index in [0.29, 0.717) is 10.7 Å². The van der Waals surface area contributed by atoms with Gasteiger partial charge in [-0.2, -0.15) is 0 Å². The van der Waals surface area contributed by atoms with E-state index in [4.69, 9.17) is 11.6 Å². The van der Waals surface area contributed by atoms with E-state index in [-0.39, 0.29) is 11.9 Å². The maximum absolute atomic E-state index is 12.8. The summed E-state index contributed by atoms with van der Waals surface area (Å²) in [6, 6.07) is 16.1. The highest BCUT2D eigenvalue weighted by Crippen LogP contribution is 2.30. The molecule has 1 N–H and O–H groups in total. The number of carbonyl (C=O) groups is 1. The van der Waals surface area contributed by atoms with Gasteiger partial charge < -0.3 is 9.88 Å². The van der Waals surface area contributed by atoms with Crippen molar-refractivity contribution in [3.8, 4) is 0 Å². The smallest absolute Gasteiger partial charge is 0.268 e. The molecule has 0 fully saturated rings. The van der Waals surface area contributed by atoms with Gasteiger partial charge in [0.25, 0.3) is 5.91 Å². The number of nitrogens with one attached hydrogen (secondary N) is 1. The lowest BCUT2D eigenvalue weighted by Crippen LogP contribution is -2.32. The third-order valence-electron chi connectivity index (χ3n) is 4.94. The standard InChI is InChI=1S/C20H19ClN2O/c1-23-18-11-5-9-16(21)15(18)12-19(23)20(24)22-17-10-4-7-13-6-2-3-8-14(13)17/h2-3,5-6,8-9,11-12,17H,4,7,10H2,1H3,(H,22,24). The van der Waals surface area contributed by atoms with Gasteiger partial charge in [-0.3, -0.25) is 4.79 Å². The minimum atomic E-state index is -0.0496. The number of benzene rings is 2. The van der Waals surface area contributed by atoms with Gasteiger partial charge in [-0.05, 0) is 48.6 Å². The Hall–Kier alpha value is -2.26. The van der Waals surface area contributed by atoms with Crippen molar-refractivity contribution in [3.05, 3.63) is 70.4 Å². The Balaban J connectivity index is 1.66. The fourth-order valence-electron chi connectivity index (χ4n) is 3.68. The van der Waals surface area contributed by atoms with Crippen molar-refractivity contribution in [2.45, 2.75) is 25.3 Å². The van der Waals surface area contributed by atoms with Crippen LogP contribution in [0, 0.1) is 0 Å². The van der Waals surface area contributed by atoms with Crippen molar-refractivity contribution in [1.29, 1.82) is 0 Å². The van der Waals surface area contributed by atoms with Gasteiger partial charge in [-0.25, -0.2) is 0 Å². The van der Waals surface area contributed by atoms with E-state index in [0.717, 1.165) is 30.2 Å². The van der Waals surface area contributed by atoms with Crippen LogP contribution in [0.3, 0.4) is 0 Å². The van der Waals surface area contributed by atoms with Crippen LogP contribution in [0.5, 0.6) is 0 Å². The number of hydrogen-bond acceptors (Lipinski definition) is 1. The van der Waals surface area contributed by atoms with Crippen molar-refractivity contribution in [1.82, 2.24) is 9.88 Å². The van der Waals surface area contributed by atoms with E-state index in [1.165, 1.54) is 11.1 Å². The average molecular weight is 339 g/mol. The van der Waals surface area contributed by atoms with E-state index in [1.807, 2.05) is 41.9 Å². The van der Waals surface area contributed by atoms with Gasteiger partial charge in [-0.15, -0.1) is 0 Å². The number of nitrogens with zero attached hydrogens (tertiary/aromatic N) is 1. The maximum atomic E-state index is 12.8. The number of rotatable bonds is 2. The Morgan fingerprint density at radius 2 is 2.04 bits per heavy atom. The fraction of sp³-hybridized carbons (Fsp3) is 0.250. The molecule has 1 aromatic heterocycles. The van der Waals surface area contributed by atoms with Crippen molar-refractivity contribution >= 4 is 28.4 Å². The molecular weight excluding hydrogens is 320 g/mol. The summed E-state index contributed by atoms with van der Waals surface area (Å²) < 4.78 is 1.91.